The van der Waals surface area contributed by atoms with Crippen LogP contribution in [0.5, 0.6) is 0 Å². The van der Waals surface area contributed by atoms with Crippen LogP contribution < -0.4 is 10.6 Å². The van der Waals surface area contributed by atoms with E-state index in [0.29, 0.717) is 0 Å². The van der Waals surface area contributed by atoms with Gasteiger partial charge >= 0.3 is 0 Å². The Labute approximate surface area is 157 Å². The van der Waals surface area contributed by atoms with E-state index in [0.717, 1.165) is 51.6 Å². The molecule has 25 heavy (non-hydrogen) atoms. The van der Waals surface area contributed by atoms with Gasteiger partial charge in [0.15, 0.2) is 5.96 Å². The third-order valence-corrected chi connectivity index (χ3v) is 5.48. The van der Waals surface area contributed by atoms with Gasteiger partial charge in [-0.3, -0.25) is 4.99 Å². The van der Waals surface area contributed by atoms with Crippen molar-refractivity contribution >= 4 is 17.7 Å². The second kappa shape index (κ2) is 11.4. The van der Waals surface area contributed by atoms with E-state index >= 15 is 0 Å². The Morgan fingerprint density at radius 1 is 1.16 bits per heavy atom. The molecule has 4 nitrogen and oxygen atoms in total. The fourth-order valence-corrected chi connectivity index (χ4v) is 3.74. The lowest BCUT2D eigenvalue weighted by Crippen LogP contribution is -2.41. The molecule has 1 saturated heterocycles. The molecule has 0 atom stereocenters. The molecule has 0 radical (unpaired) electrons. The van der Waals surface area contributed by atoms with Gasteiger partial charge in [-0.25, -0.2) is 0 Å². The van der Waals surface area contributed by atoms with E-state index in [-0.39, 0.29) is 5.41 Å². The number of nitrogens with zero attached hydrogens (tertiary/aromatic N) is 1. The third-order valence-electron chi connectivity index (χ3n) is 4.79. The van der Waals surface area contributed by atoms with E-state index in [9.17, 15) is 0 Å². The molecule has 0 spiro atoms. The van der Waals surface area contributed by atoms with Crippen molar-refractivity contribution < 1.29 is 4.74 Å². The van der Waals surface area contributed by atoms with Gasteiger partial charge < -0.3 is 15.4 Å². The summed E-state index contributed by atoms with van der Waals surface area (Å²) in [6, 6.07) is 10.8. The van der Waals surface area contributed by atoms with Gasteiger partial charge in [0.25, 0.3) is 0 Å². The fraction of sp³-hybridized carbons (Fsp3) is 0.650. The van der Waals surface area contributed by atoms with Gasteiger partial charge in [0, 0.05) is 31.7 Å². The number of benzene rings is 1. The zero-order chi connectivity index (χ0) is 17.8. The number of rotatable bonds is 9. The van der Waals surface area contributed by atoms with Crippen molar-refractivity contribution in [2.24, 2.45) is 4.99 Å². The van der Waals surface area contributed by atoms with Crippen molar-refractivity contribution in [1.82, 2.24) is 10.6 Å². The van der Waals surface area contributed by atoms with Crippen LogP contribution in [-0.4, -0.2) is 50.8 Å². The Morgan fingerprint density at radius 2 is 1.92 bits per heavy atom. The maximum absolute atomic E-state index is 5.62. The predicted molar refractivity (Wildman–Crippen MR) is 110 cm³/mol. The van der Waals surface area contributed by atoms with Crippen molar-refractivity contribution in [2.75, 3.05) is 44.9 Å². The van der Waals surface area contributed by atoms with Crippen molar-refractivity contribution in [1.29, 1.82) is 0 Å². The molecule has 1 fully saturated rings. The summed E-state index contributed by atoms with van der Waals surface area (Å²) in [5.41, 5.74) is 1.48. The number of guanidine groups is 1. The Kier molecular flexibility index (Phi) is 9.19. The Hall–Kier alpha value is -1.20. The van der Waals surface area contributed by atoms with Crippen LogP contribution >= 0.6 is 11.8 Å². The van der Waals surface area contributed by atoms with Crippen LogP contribution in [-0.2, 0) is 10.2 Å². The van der Waals surface area contributed by atoms with Crippen LogP contribution in [0.1, 0.15) is 38.2 Å². The number of ether oxygens (including phenoxy) is 1. The summed E-state index contributed by atoms with van der Waals surface area (Å²) in [5.74, 6) is 2.17. The normalized spacial score (nSPS) is 17.3. The van der Waals surface area contributed by atoms with Crippen LogP contribution in [0.4, 0.5) is 0 Å². The lowest BCUT2D eigenvalue weighted by Gasteiger charge is -2.36. The number of hydrogen-bond donors (Lipinski definition) is 2. The average Bonchev–Trinajstić information content (AvgIpc) is 2.67. The minimum Gasteiger partial charge on any atom is -0.381 e. The van der Waals surface area contributed by atoms with E-state index in [4.69, 9.17) is 9.73 Å². The molecule has 5 heteroatoms. The van der Waals surface area contributed by atoms with Crippen molar-refractivity contribution in [3.8, 4) is 0 Å². The molecular weight excluding hydrogens is 330 g/mol. The van der Waals surface area contributed by atoms with E-state index in [1.165, 1.54) is 24.2 Å². The number of nitrogens with one attached hydrogen (secondary N) is 2. The molecule has 1 aromatic rings. The molecule has 0 unspecified atom stereocenters. The predicted octanol–water partition coefficient (Wildman–Crippen LogP) is 3.43. The first kappa shape index (κ1) is 20.1. The zero-order valence-corrected chi connectivity index (χ0v) is 16.5. The standard InChI is InChI=1S/C20H33N3OS/c1-3-21-19(22-13-7-8-16-25-2)23-17-20(11-14-24-15-12-20)18-9-5-4-6-10-18/h4-6,9-10H,3,7-8,11-17H2,1-2H3,(H2,21,22,23). The van der Waals surface area contributed by atoms with Gasteiger partial charge in [-0.05, 0) is 50.2 Å². The van der Waals surface area contributed by atoms with Crippen molar-refractivity contribution in [3.05, 3.63) is 35.9 Å². The van der Waals surface area contributed by atoms with Crippen molar-refractivity contribution in [3.63, 3.8) is 0 Å². The minimum absolute atomic E-state index is 0.0979. The van der Waals surface area contributed by atoms with Crippen LogP contribution in [0.25, 0.3) is 0 Å². The molecule has 0 aromatic heterocycles. The summed E-state index contributed by atoms with van der Waals surface area (Å²) in [5, 5.41) is 6.87. The topological polar surface area (TPSA) is 45.7 Å². The summed E-state index contributed by atoms with van der Waals surface area (Å²) in [4.78, 5) is 4.94. The molecule has 1 aliphatic heterocycles. The van der Waals surface area contributed by atoms with Crippen LogP contribution in [0.15, 0.2) is 35.3 Å². The minimum atomic E-state index is 0.0979. The largest absolute Gasteiger partial charge is 0.381 e. The lowest BCUT2D eigenvalue weighted by molar-refractivity contribution is 0.0531. The highest BCUT2D eigenvalue weighted by molar-refractivity contribution is 7.98. The smallest absolute Gasteiger partial charge is 0.191 e. The van der Waals surface area contributed by atoms with Crippen molar-refractivity contribution in [2.45, 2.75) is 38.0 Å². The lowest BCUT2D eigenvalue weighted by atomic mass is 9.74. The van der Waals surface area contributed by atoms with Gasteiger partial charge in [-0.1, -0.05) is 30.3 Å². The van der Waals surface area contributed by atoms with Crippen LogP contribution in [0.2, 0.25) is 0 Å². The Bertz CT molecular complexity index is 501. The third kappa shape index (κ3) is 6.55. The van der Waals surface area contributed by atoms with Gasteiger partial charge in [-0.15, -0.1) is 0 Å². The average molecular weight is 364 g/mol. The molecule has 0 amide bonds. The SMILES string of the molecule is CCNC(=NCC1(c2ccccc2)CCOCC1)NCCCCSC. The van der Waals surface area contributed by atoms with Crippen LogP contribution in [0, 0.1) is 0 Å². The summed E-state index contributed by atoms with van der Waals surface area (Å²) < 4.78 is 5.62. The molecule has 0 aliphatic carbocycles. The first-order valence-corrected chi connectivity index (χ1v) is 10.8. The highest BCUT2D eigenvalue weighted by Crippen LogP contribution is 2.35. The van der Waals surface area contributed by atoms with E-state index in [2.05, 4.69) is 54.1 Å². The first-order valence-electron chi connectivity index (χ1n) is 9.45. The van der Waals surface area contributed by atoms with Gasteiger partial charge in [0.2, 0.25) is 0 Å². The number of thioether (sulfide) groups is 1. The monoisotopic (exact) mass is 363 g/mol. The summed E-state index contributed by atoms with van der Waals surface area (Å²) >= 11 is 1.91. The highest BCUT2D eigenvalue weighted by Gasteiger charge is 2.34. The Balaban J connectivity index is 2.01. The first-order chi connectivity index (χ1) is 12.3. The molecule has 2 rings (SSSR count). The van der Waals surface area contributed by atoms with Crippen LogP contribution in [0.3, 0.4) is 0 Å². The summed E-state index contributed by atoms with van der Waals surface area (Å²) in [7, 11) is 0. The van der Waals surface area contributed by atoms with Gasteiger partial charge in [0.1, 0.15) is 0 Å². The Morgan fingerprint density at radius 3 is 2.60 bits per heavy atom. The molecule has 2 N–H and O–H groups in total. The molecule has 140 valence electrons. The molecule has 1 aliphatic rings. The molecular formula is C20H33N3OS. The number of hydrogen-bond acceptors (Lipinski definition) is 3. The molecule has 0 bridgehead atoms. The summed E-state index contributed by atoms with van der Waals surface area (Å²) in [6.07, 6.45) is 6.67. The molecule has 1 aromatic carbocycles. The highest BCUT2D eigenvalue weighted by atomic mass is 32.2. The van der Waals surface area contributed by atoms with E-state index in [1.54, 1.807) is 0 Å². The van der Waals surface area contributed by atoms with E-state index in [1.807, 2.05) is 11.8 Å². The summed E-state index contributed by atoms with van der Waals surface area (Å²) in [6.45, 7) is 6.44. The quantitative estimate of drug-likeness (QED) is 0.401. The maximum Gasteiger partial charge on any atom is 0.191 e. The van der Waals surface area contributed by atoms with E-state index < -0.39 is 0 Å². The molecule has 1 heterocycles. The van der Waals surface area contributed by atoms with Gasteiger partial charge in [0.05, 0.1) is 6.54 Å². The second-order valence-corrected chi connectivity index (χ2v) is 7.57. The fourth-order valence-electron chi connectivity index (χ4n) is 3.24. The maximum atomic E-state index is 5.62. The second-order valence-electron chi connectivity index (χ2n) is 6.58. The number of aliphatic imine (C=N–C) groups is 1. The molecule has 0 saturated carbocycles. The zero-order valence-electron chi connectivity index (χ0n) is 15.7. The number of unbranched alkanes of at least 4 members (excludes halogenated alkanes) is 1. The van der Waals surface area contributed by atoms with Gasteiger partial charge in [-0.2, -0.15) is 11.8 Å².